The van der Waals surface area contributed by atoms with E-state index < -0.39 is 0 Å². The van der Waals surface area contributed by atoms with E-state index in [4.69, 9.17) is 9.97 Å². The van der Waals surface area contributed by atoms with Crippen LogP contribution in [0.2, 0.25) is 0 Å². The van der Waals surface area contributed by atoms with E-state index in [0.29, 0.717) is 0 Å². The molecule has 102 heavy (non-hydrogen) atoms. The Morgan fingerprint density at radius 1 is 0.206 bits per heavy atom. The van der Waals surface area contributed by atoms with E-state index in [1.54, 1.807) is 0 Å². The Hall–Kier alpha value is -13.0. The lowest BCUT2D eigenvalue weighted by Crippen LogP contribution is -1.97. The van der Waals surface area contributed by atoms with E-state index >= 15 is 0 Å². The Labute approximate surface area is 595 Å². The number of aryl methyl sites for hydroxylation is 4. The number of hydrogen-bond acceptors (Lipinski definition) is 2. The van der Waals surface area contributed by atoms with Crippen molar-refractivity contribution in [1.29, 1.82) is 0 Å². The van der Waals surface area contributed by atoms with Crippen LogP contribution in [-0.4, -0.2) is 19.1 Å². The lowest BCUT2D eigenvalue weighted by Gasteiger charge is -2.22. The summed E-state index contributed by atoms with van der Waals surface area (Å²) in [6.07, 6.45) is 4.13. The van der Waals surface area contributed by atoms with Gasteiger partial charge in [0.1, 0.15) is 0 Å². The lowest BCUT2D eigenvalue weighted by molar-refractivity contribution is 1.18. The Bertz CT molecular complexity index is 5900. The van der Waals surface area contributed by atoms with Gasteiger partial charge in [-0.05, 0) is 225 Å². The molecular formula is C98H70N4. The van der Waals surface area contributed by atoms with Crippen LogP contribution in [0.5, 0.6) is 0 Å². The average molecular weight is 1300 g/mol. The minimum Gasteiger partial charge on any atom is -0.309 e. The van der Waals surface area contributed by atoms with Gasteiger partial charge in [0.2, 0.25) is 0 Å². The zero-order valence-electron chi connectivity index (χ0n) is 57.3. The number of para-hydroxylation sites is 4. The molecule has 0 saturated heterocycles. The maximum Gasteiger partial charge on any atom is 0.0705 e. The van der Waals surface area contributed by atoms with Crippen molar-refractivity contribution >= 4 is 43.6 Å². The van der Waals surface area contributed by atoms with Crippen LogP contribution in [0.25, 0.3) is 178 Å². The van der Waals surface area contributed by atoms with E-state index in [0.717, 1.165) is 134 Å². The normalized spacial score (nSPS) is 11.5. The van der Waals surface area contributed by atoms with Gasteiger partial charge in [-0.3, -0.25) is 9.97 Å². The van der Waals surface area contributed by atoms with Crippen LogP contribution in [0.3, 0.4) is 0 Å². The number of pyridine rings is 2. The summed E-state index contributed by atoms with van der Waals surface area (Å²) in [6, 6.07) is 125. The molecule has 4 nitrogen and oxygen atoms in total. The average Bonchev–Trinajstić information content (AvgIpc) is 1.71. The molecule has 0 fully saturated rings. The summed E-state index contributed by atoms with van der Waals surface area (Å²) in [6.45, 7) is 8.88. The van der Waals surface area contributed by atoms with E-state index in [1.807, 2.05) is 0 Å². The molecule has 0 aliphatic rings. The molecular weight excluding hydrogens is 1230 g/mol. The molecule has 14 aromatic carbocycles. The Morgan fingerprint density at radius 2 is 0.569 bits per heavy atom. The molecule has 0 aliphatic carbocycles. The minimum absolute atomic E-state index is 0.915. The smallest absolute Gasteiger partial charge is 0.0705 e. The van der Waals surface area contributed by atoms with E-state index in [2.05, 4.69) is 389 Å². The highest BCUT2D eigenvalue weighted by atomic mass is 15.0. The number of rotatable bonds is 13. The van der Waals surface area contributed by atoms with Crippen LogP contribution in [0.1, 0.15) is 22.3 Å². The van der Waals surface area contributed by atoms with Crippen LogP contribution >= 0.6 is 0 Å². The van der Waals surface area contributed by atoms with Crippen molar-refractivity contribution in [2.24, 2.45) is 0 Å². The zero-order chi connectivity index (χ0) is 68.4. The highest BCUT2D eigenvalue weighted by molar-refractivity contribution is 6.13. The fraction of sp³-hybridized carbons (Fsp3) is 0.0408. The summed E-state index contributed by atoms with van der Waals surface area (Å²) in [7, 11) is 0. The molecule has 0 unspecified atom stereocenters. The molecule has 4 heterocycles. The lowest BCUT2D eigenvalue weighted by atomic mass is 9.81. The number of aromatic nitrogens is 4. The van der Waals surface area contributed by atoms with Crippen molar-refractivity contribution in [3.8, 4) is 134 Å². The van der Waals surface area contributed by atoms with Crippen molar-refractivity contribution in [2.45, 2.75) is 27.7 Å². The van der Waals surface area contributed by atoms with Gasteiger partial charge in [-0.2, -0.15) is 0 Å². The fourth-order valence-corrected chi connectivity index (χ4v) is 15.8. The maximum absolute atomic E-state index is 5.34. The predicted octanol–water partition coefficient (Wildman–Crippen LogP) is 26.2. The molecule has 18 rings (SSSR count). The quantitative estimate of drug-likeness (QED) is 0.115. The van der Waals surface area contributed by atoms with Gasteiger partial charge in [0, 0.05) is 67.6 Å². The third-order valence-corrected chi connectivity index (χ3v) is 20.6. The maximum atomic E-state index is 5.34. The van der Waals surface area contributed by atoms with Crippen molar-refractivity contribution in [2.75, 3.05) is 0 Å². The first-order valence-corrected chi connectivity index (χ1v) is 35.2. The second-order valence-electron chi connectivity index (χ2n) is 27.1. The van der Waals surface area contributed by atoms with Crippen molar-refractivity contribution in [1.82, 2.24) is 19.1 Å². The van der Waals surface area contributed by atoms with Gasteiger partial charge < -0.3 is 9.13 Å². The van der Waals surface area contributed by atoms with Gasteiger partial charge in [0.25, 0.3) is 0 Å². The van der Waals surface area contributed by atoms with Gasteiger partial charge in [-0.1, -0.05) is 254 Å². The SMILES string of the molecule is Cc1cc(C)cc(-c2c(-c3ccc(-c4cc(C)c(-c5cccc(-c6ccccc6)c5)cn4)cc3-c3ccc4c(c3)c3ccccc3n4-c3ccccc3)cccc2-c2ccc(-c3cc(C)c(-c4cccc(-c5ccccc5)c4)cn3)cc2-c2ccc3c(c2)c2ccccc2n3-c2ccccc2)c1. The Balaban J connectivity index is 0.851. The van der Waals surface area contributed by atoms with Gasteiger partial charge in [-0.15, -0.1) is 0 Å². The molecule has 0 amide bonds. The molecule has 0 N–H and O–H groups in total. The van der Waals surface area contributed by atoms with Crippen molar-refractivity contribution < 1.29 is 0 Å². The van der Waals surface area contributed by atoms with Crippen LogP contribution in [0.4, 0.5) is 0 Å². The first-order valence-electron chi connectivity index (χ1n) is 35.2. The number of fused-ring (bicyclic) bond motifs is 6. The Kier molecular flexibility index (Phi) is 15.4. The first kappa shape index (κ1) is 61.3. The monoisotopic (exact) mass is 1300 g/mol. The number of benzene rings is 14. The molecule has 0 spiro atoms. The molecule has 4 aromatic heterocycles. The van der Waals surface area contributed by atoms with Gasteiger partial charge in [0.05, 0.1) is 33.5 Å². The highest BCUT2D eigenvalue weighted by Crippen LogP contribution is 2.49. The summed E-state index contributed by atoms with van der Waals surface area (Å²) < 4.78 is 4.80. The standard InChI is InChI=1S/C98H70N4/c1-63-50-64(2)52-77(51-63)98-84(80-46-42-75(92-53-65(3)90(61-99-92)71-30-21-28-69(55-71)67-24-9-5-10-25-67)59-86(80)73-44-48-96-88(57-73)82-36-17-19-40-94(82)101(96)78-32-13-7-14-33-78)38-23-39-85(98)81-47-43-76(93-54-66(4)91(62-100-93)72-31-22-29-70(56-72)68-26-11-6-12-27-68)60-87(81)74-45-49-97-89(58-74)83-37-18-20-41-95(83)102(97)79-34-15-8-16-35-79/h5-62H,1-4H3. The highest BCUT2D eigenvalue weighted by Gasteiger charge is 2.24. The summed E-state index contributed by atoms with van der Waals surface area (Å²) in [5.41, 5.74) is 36.0. The summed E-state index contributed by atoms with van der Waals surface area (Å²) in [4.78, 5) is 10.7. The largest absolute Gasteiger partial charge is 0.309 e. The van der Waals surface area contributed by atoms with Gasteiger partial charge in [0.15, 0.2) is 0 Å². The second kappa shape index (κ2) is 25.7. The van der Waals surface area contributed by atoms with Crippen LogP contribution in [0.15, 0.2) is 352 Å². The van der Waals surface area contributed by atoms with Crippen molar-refractivity contribution in [3.63, 3.8) is 0 Å². The first-order chi connectivity index (χ1) is 50.2. The predicted molar refractivity (Wildman–Crippen MR) is 429 cm³/mol. The molecule has 4 heteroatoms. The van der Waals surface area contributed by atoms with Crippen molar-refractivity contribution in [3.05, 3.63) is 374 Å². The molecule has 0 saturated carbocycles. The summed E-state index contributed by atoms with van der Waals surface area (Å²) in [5.74, 6) is 0. The summed E-state index contributed by atoms with van der Waals surface area (Å²) >= 11 is 0. The van der Waals surface area contributed by atoms with E-state index in [1.165, 1.54) is 66.0 Å². The van der Waals surface area contributed by atoms with Crippen LogP contribution in [0, 0.1) is 27.7 Å². The summed E-state index contributed by atoms with van der Waals surface area (Å²) in [5, 5.41) is 4.78. The molecule has 0 atom stereocenters. The third kappa shape index (κ3) is 11.1. The van der Waals surface area contributed by atoms with E-state index in [9.17, 15) is 0 Å². The molecule has 18 aromatic rings. The Morgan fingerprint density at radius 3 is 1.01 bits per heavy atom. The third-order valence-electron chi connectivity index (χ3n) is 20.6. The van der Waals surface area contributed by atoms with Crippen LogP contribution in [-0.2, 0) is 0 Å². The number of hydrogen-bond donors (Lipinski definition) is 0. The molecule has 0 bridgehead atoms. The topological polar surface area (TPSA) is 35.6 Å². The molecule has 0 aliphatic heterocycles. The number of nitrogens with zero attached hydrogens (tertiary/aromatic N) is 4. The fourth-order valence-electron chi connectivity index (χ4n) is 15.8. The van der Waals surface area contributed by atoms with Gasteiger partial charge >= 0.3 is 0 Å². The minimum atomic E-state index is 0.915. The second-order valence-corrected chi connectivity index (χ2v) is 27.1. The van der Waals surface area contributed by atoms with Gasteiger partial charge in [-0.25, -0.2) is 0 Å². The van der Waals surface area contributed by atoms with Crippen LogP contribution < -0.4 is 0 Å². The zero-order valence-corrected chi connectivity index (χ0v) is 57.3. The van der Waals surface area contributed by atoms with E-state index in [-0.39, 0.29) is 0 Å². The molecule has 482 valence electrons. The molecule has 0 radical (unpaired) electrons.